The fraction of sp³-hybridized carbons (Fsp3) is 0.500. The lowest BCUT2D eigenvalue weighted by atomic mass is 9.84. The number of aromatic nitrogens is 2. The second-order valence-electron chi connectivity index (χ2n) is 13.3. The third kappa shape index (κ3) is 7.75. The van der Waals surface area contributed by atoms with Crippen LogP contribution in [0.2, 0.25) is 25.7 Å². The molecule has 1 fully saturated rings. The molecule has 1 aliphatic heterocycles. The second-order valence-corrected chi connectivity index (χ2v) is 21.0. The summed E-state index contributed by atoms with van der Waals surface area (Å²) < 4.78 is 41.3. The molecule has 1 N–H and O–H groups in total. The Morgan fingerprint density at radius 2 is 1.95 bits per heavy atom. The molecule has 1 amide bonds. The number of amidine groups is 1. The number of carboxylic acid groups (broad SMARTS) is 1. The number of aliphatic imine (C=N–C) groups is 1. The summed E-state index contributed by atoms with van der Waals surface area (Å²) in [5.41, 5.74) is -1.86. The molecule has 1 aromatic carbocycles. The van der Waals surface area contributed by atoms with Gasteiger partial charge < -0.3 is 14.6 Å². The lowest BCUT2D eigenvalue weighted by molar-refractivity contribution is -0.137. The van der Waals surface area contributed by atoms with Crippen molar-refractivity contribution in [1.29, 1.82) is 0 Å². The summed E-state index contributed by atoms with van der Waals surface area (Å²) in [6.07, 6.45) is 3.26. The summed E-state index contributed by atoms with van der Waals surface area (Å²) >= 11 is 4.11. The number of nitrogens with zero attached hydrogens (tertiary/aromatic N) is 4. The molecular formula is C30H37BrF2N4O5SSi. The second kappa shape index (κ2) is 12.6. The lowest BCUT2D eigenvalue weighted by Gasteiger charge is -2.37. The van der Waals surface area contributed by atoms with Gasteiger partial charge >= 0.3 is 12.1 Å². The average molecular weight is 712 g/mol. The molecule has 2 heterocycles. The molecule has 9 nitrogen and oxygen atoms in total. The largest absolute Gasteiger partial charge is 0.480 e. The average Bonchev–Trinajstić information content (AvgIpc) is 3.66. The van der Waals surface area contributed by atoms with E-state index in [4.69, 9.17) is 14.5 Å². The number of ether oxygens (including phenoxy) is 2. The molecule has 238 valence electrons. The van der Waals surface area contributed by atoms with Gasteiger partial charge in [0, 0.05) is 26.2 Å². The molecule has 44 heavy (non-hydrogen) atoms. The number of carboxylic acids is 1. The summed E-state index contributed by atoms with van der Waals surface area (Å²) in [5.74, 6) is -3.00. The monoisotopic (exact) mass is 710 g/mol. The van der Waals surface area contributed by atoms with Crippen LogP contribution in [0.25, 0.3) is 11.9 Å². The minimum atomic E-state index is -1.44. The van der Waals surface area contributed by atoms with Crippen molar-refractivity contribution in [2.75, 3.05) is 13.3 Å². The summed E-state index contributed by atoms with van der Waals surface area (Å²) in [5, 5.41) is 10.4. The van der Waals surface area contributed by atoms with Crippen LogP contribution < -0.4 is 0 Å². The molecule has 4 rings (SSSR count). The van der Waals surface area contributed by atoms with Crippen LogP contribution in [0.5, 0.6) is 0 Å². The highest BCUT2D eigenvalue weighted by Gasteiger charge is 2.72. The van der Waals surface area contributed by atoms with Crippen molar-refractivity contribution in [3.8, 4) is 0 Å². The third-order valence-corrected chi connectivity index (χ3v) is 10.9. The Bertz CT molecular complexity index is 1500. The summed E-state index contributed by atoms with van der Waals surface area (Å²) in [6.45, 7) is 13.6. The first-order chi connectivity index (χ1) is 20.3. The van der Waals surface area contributed by atoms with Gasteiger partial charge in [0.05, 0.1) is 17.9 Å². The Balaban J connectivity index is 1.76. The van der Waals surface area contributed by atoms with Crippen molar-refractivity contribution >= 4 is 64.9 Å². The van der Waals surface area contributed by atoms with E-state index in [-0.39, 0.29) is 29.6 Å². The fourth-order valence-electron chi connectivity index (χ4n) is 4.83. The molecule has 2 aromatic rings. The van der Waals surface area contributed by atoms with Crippen molar-refractivity contribution in [3.05, 3.63) is 57.8 Å². The van der Waals surface area contributed by atoms with E-state index < -0.39 is 53.6 Å². The maximum Gasteiger partial charge on any atom is 0.418 e. The number of benzene rings is 1. The number of carbonyl (C=O) groups excluding carboxylic acids is 1. The molecule has 0 saturated heterocycles. The van der Waals surface area contributed by atoms with Gasteiger partial charge in [0.15, 0.2) is 11.0 Å². The Labute approximate surface area is 269 Å². The van der Waals surface area contributed by atoms with E-state index in [2.05, 4.69) is 45.5 Å². The maximum atomic E-state index is 15.6. The minimum absolute atomic E-state index is 0.00567. The molecule has 1 aliphatic carbocycles. The zero-order chi connectivity index (χ0) is 32.7. The number of carbonyl (C=O) groups is 2. The molecule has 14 heteroatoms. The highest BCUT2D eigenvalue weighted by molar-refractivity contribution is 9.10. The van der Waals surface area contributed by atoms with E-state index in [0.717, 1.165) is 17.8 Å². The highest BCUT2D eigenvalue weighted by atomic mass is 79.9. The number of hydrogen-bond donors (Lipinski definition) is 1. The van der Waals surface area contributed by atoms with E-state index >= 15 is 8.78 Å². The normalized spacial score (nSPS) is 23.5. The number of fused-ring (bicyclic) bond motifs is 1. The van der Waals surface area contributed by atoms with E-state index in [1.807, 2.05) is 0 Å². The topological polar surface area (TPSA) is 114 Å². The number of hydrogen-bond acceptors (Lipinski definition) is 8. The van der Waals surface area contributed by atoms with E-state index in [1.54, 1.807) is 27.7 Å². The Hall–Kier alpha value is -2.68. The number of halogens is 3. The molecule has 0 spiro atoms. The van der Waals surface area contributed by atoms with Gasteiger partial charge in [-0.3, -0.25) is 9.79 Å². The fourth-order valence-corrected chi connectivity index (χ4v) is 7.30. The number of aliphatic carboxylic acids is 1. The van der Waals surface area contributed by atoms with Crippen LogP contribution in [0.3, 0.4) is 0 Å². The highest BCUT2D eigenvalue weighted by Crippen LogP contribution is 2.66. The van der Waals surface area contributed by atoms with Crippen LogP contribution in [0.1, 0.15) is 50.9 Å². The van der Waals surface area contributed by atoms with Gasteiger partial charge in [-0.05, 0) is 79.9 Å². The standard InChI is InChI=1S/C30H37BrF2N4O5SSi/c1-28(2,3)42-27(40)37(17-41-10-11-44(5,6)7)26-36-29(4,23-14-30(23,43-26)25(38)39)19-12-18(8-9-20(19)32)13-21(33)22-15-35-24(31)16-34-22/h8-9,12-13,15-16,23H,10-11,14,17H2,1-7H3,(H,38,39)/b21-13-. The van der Waals surface area contributed by atoms with Crippen LogP contribution in [0.15, 0.2) is 40.2 Å². The minimum Gasteiger partial charge on any atom is -0.480 e. The van der Waals surface area contributed by atoms with Crippen molar-refractivity contribution < 1.29 is 33.0 Å². The van der Waals surface area contributed by atoms with Crippen LogP contribution in [-0.4, -0.2) is 69.0 Å². The molecule has 1 saturated carbocycles. The first-order valence-electron chi connectivity index (χ1n) is 14.1. The van der Waals surface area contributed by atoms with Crippen LogP contribution in [0.4, 0.5) is 13.6 Å². The third-order valence-electron chi connectivity index (χ3n) is 7.31. The zero-order valence-electron chi connectivity index (χ0n) is 25.8. The predicted molar refractivity (Wildman–Crippen MR) is 173 cm³/mol. The van der Waals surface area contributed by atoms with Gasteiger partial charge in [0.25, 0.3) is 0 Å². The first kappa shape index (κ1) is 34.2. The van der Waals surface area contributed by atoms with Crippen molar-refractivity contribution in [2.45, 2.75) is 75.7 Å². The van der Waals surface area contributed by atoms with Crippen molar-refractivity contribution in [2.24, 2.45) is 10.9 Å². The van der Waals surface area contributed by atoms with Crippen LogP contribution in [-0.2, 0) is 19.8 Å². The molecular weight excluding hydrogens is 674 g/mol. The summed E-state index contributed by atoms with van der Waals surface area (Å²) in [6, 6.07) is 4.90. The van der Waals surface area contributed by atoms with Gasteiger partial charge in [-0.2, -0.15) is 0 Å². The number of amides is 1. The van der Waals surface area contributed by atoms with Gasteiger partial charge in [0.2, 0.25) is 0 Å². The molecule has 1 aromatic heterocycles. The predicted octanol–water partition coefficient (Wildman–Crippen LogP) is 7.56. The van der Waals surface area contributed by atoms with Crippen LogP contribution in [0, 0.1) is 11.7 Å². The molecule has 3 unspecified atom stereocenters. The number of thioether (sulfide) groups is 1. The molecule has 0 bridgehead atoms. The van der Waals surface area contributed by atoms with Gasteiger partial charge in [-0.1, -0.05) is 37.5 Å². The summed E-state index contributed by atoms with van der Waals surface area (Å²) in [7, 11) is -1.44. The molecule has 0 radical (unpaired) electrons. The Morgan fingerprint density at radius 3 is 2.55 bits per heavy atom. The number of rotatable bonds is 9. The first-order valence-corrected chi connectivity index (χ1v) is 19.4. The quantitative estimate of drug-likeness (QED) is 0.161. The van der Waals surface area contributed by atoms with Crippen molar-refractivity contribution in [3.63, 3.8) is 0 Å². The van der Waals surface area contributed by atoms with E-state index in [9.17, 15) is 14.7 Å². The smallest absolute Gasteiger partial charge is 0.418 e. The van der Waals surface area contributed by atoms with Gasteiger partial charge in [-0.15, -0.1) is 0 Å². The van der Waals surface area contributed by atoms with Gasteiger partial charge in [0.1, 0.15) is 33.2 Å². The Morgan fingerprint density at radius 1 is 1.25 bits per heavy atom. The van der Waals surface area contributed by atoms with E-state index in [1.165, 1.54) is 41.6 Å². The molecule has 3 atom stereocenters. The van der Waals surface area contributed by atoms with Gasteiger partial charge in [-0.25, -0.2) is 28.4 Å². The van der Waals surface area contributed by atoms with Crippen LogP contribution >= 0.6 is 27.7 Å². The zero-order valence-corrected chi connectivity index (χ0v) is 29.2. The van der Waals surface area contributed by atoms with Crippen molar-refractivity contribution in [1.82, 2.24) is 14.9 Å². The SMILES string of the molecule is CC(C)(C)OC(=O)N(COCC[Si](C)(C)C)C1=NC(C)(c2cc(/C=C(\F)c3cnc(Br)cn3)ccc2F)C2CC2(C(=O)O)S1. The lowest BCUT2D eigenvalue weighted by Crippen LogP contribution is -2.47. The Kier molecular flexibility index (Phi) is 9.80. The van der Waals surface area contributed by atoms with E-state index in [0.29, 0.717) is 16.8 Å². The maximum absolute atomic E-state index is 15.6. The molecule has 2 aliphatic rings. The summed E-state index contributed by atoms with van der Waals surface area (Å²) in [4.78, 5) is 40.1.